The van der Waals surface area contributed by atoms with E-state index in [0.29, 0.717) is 31.6 Å². The fourth-order valence-electron chi connectivity index (χ4n) is 4.86. The minimum absolute atomic E-state index is 0.263. The van der Waals surface area contributed by atoms with Crippen molar-refractivity contribution in [2.24, 2.45) is 4.99 Å². The maximum Gasteiger partial charge on any atom is 0.222 e. The van der Waals surface area contributed by atoms with Crippen molar-refractivity contribution >= 4 is 11.9 Å². The summed E-state index contributed by atoms with van der Waals surface area (Å²) in [6, 6.07) is 20.0. The van der Waals surface area contributed by atoms with Crippen molar-refractivity contribution in [1.29, 1.82) is 0 Å². The lowest BCUT2D eigenvalue weighted by Crippen LogP contribution is -2.44. The largest absolute Gasteiger partial charge is 0.357 e. The van der Waals surface area contributed by atoms with Crippen LogP contribution < -0.4 is 10.6 Å². The van der Waals surface area contributed by atoms with E-state index in [2.05, 4.69) is 77.9 Å². The number of guanidine groups is 1. The minimum Gasteiger partial charge on any atom is -0.357 e. The molecule has 0 aliphatic carbocycles. The van der Waals surface area contributed by atoms with Crippen LogP contribution in [-0.2, 0) is 24.4 Å². The van der Waals surface area contributed by atoms with Gasteiger partial charge in [-0.05, 0) is 43.4 Å². The van der Waals surface area contributed by atoms with Crippen molar-refractivity contribution in [2.75, 3.05) is 19.6 Å². The molecule has 2 fully saturated rings. The molecule has 2 saturated heterocycles. The normalized spacial score (nSPS) is 21.6. The molecule has 1 amide bonds. The van der Waals surface area contributed by atoms with Crippen LogP contribution in [0.5, 0.6) is 0 Å². The number of aliphatic imine (C=N–C) groups is 1. The molecule has 4 rings (SSSR count). The van der Waals surface area contributed by atoms with Gasteiger partial charge in [-0.1, -0.05) is 54.6 Å². The number of nitrogens with zero attached hydrogens (tertiary/aromatic N) is 3. The second-order valence-electron chi connectivity index (χ2n) is 9.22. The highest BCUT2D eigenvalue weighted by molar-refractivity contribution is 5.80. The molecular weight excluding hydrogens is 410 g/mol. The molecule has 6 nitrogen and oxygen atoms in total. The molecule has 2 aromatic carbocycles. The standard InChI is InChI=1S/C27H37N5O/c1-3-28-27(30-25-16-21(2)32(20-25)18-22-10-5-4-6-11-22)29-17-23-12-7-8-13-24(23)19-31-15-9-14-26(31)33/h4-8,10-13,21,25H,3,9,14-20H2,1-2H3,(H2,28,29,30). The molecule has 0 bridgehead atoms. The first-order valence-corrected chi connectivity index (χ1v) is 12.3. The summed E-state index contributed by atoms with van der Waals surface area (Å²) in [5, 5.41) is 7.08. The molecule has 2 aliphatic heterocycles. The predicted octanol–water partition coefficient (Wildman–Crippen LogP) is 3.53. The first-order chi connectivity index (χ1) is 16.1. The average molecular weight is 448 g/mol. The summed E-state index contributed by atoms with van der Waals surface area (Å²) in [4.78, 5) is 21.5. The molecule has 2 aliphatic rings. The molecule has 33 heavy (non-hydrogen) atoms. The van der Waals surface area contributed by atoms with E-state index in [1.165, 1.54) is 16.7 Å². The van der Waals surface area contributed by atoms with Gasteiger partial charge in [0.2, 0.25) is 5.91 Å². The summed E-state index contributed by atoms with van der Waals surface area (Å²) < 4.78 is 0. The van der Waals surface area contributed by atoms with Crippen LogP contribution in [-0.4, -0.2) is 53.4 Å². The highest BCUT2D eigenvalue weighted by Crippen LogP contribution is 2.21. The Balaban J connectivity index is 1.38. The zero-order valence-corrected chi connectivity index (χ0v) is 20.0. The van der Waals surface area contributed by atoms with Gasteiger partial charge in [-0.15, -0.1) is 0 Å². The van der Waals surface area contributed by atoms with E-state index in [0.717, 1.165) is 45.0 Å². The van der Waals surface area contributed by atoms with Gasteiger partial charge in [-0.2, -0.15) is 0 Å². The molecule has 2 atom stereocenters. The summed E-state index contributed by atoms with van der Waals surface area (Å²) in [5.74, 6) is 1.13. The average Bonchev–Trinajstić information content (AvgIpc) is 3.38. The summed E-state index contributed by atoms with van der Waals surface area (Å²) in [6.07, 6.45) is 2.75. The van der Waals surface area contributed by atoms with Crippen LogP contribution >= 0.6 is 0 Å². The Kier molecular flexibility index (Phi) is 8.00. The molecule has 0 radical (unpaired) electrons. The molecule has 2 aromatic rings. The van der Waals surface area contributed by atoms with Crippen LogP contribution in [0.2, 0.25) is 0 Å². The third kappa shape index (κ3) is 6.35. The van der Waals surface area contributed by atoms with Crippen molar-refractivity contribution < 1.29 is 4.79 Å². The highest BCUT2D eigenvalue weighted by Gasteiger charge is 2.29. The summed E-state index contributed by atoms with van der Waals surface area (Å²) in [5.41, 5.74) is 3.73. The van der Waals surface area contributed by atoms with Gasteiger partial charge in [-0.3, -0.25) is 9.69 Å². The van der Waals surface area contributed by atoms with Crippen LogP contribution in [0, 0.1) is 0 Å². The monoisotopic (exact) mass is 447 g/mol. The molecule has 0 aromatic heterocycles. The van der Waals surface area contributed by atoms with E-state index in [1.54, 1.807) is 0 Å². The summed E-state index contributed by atoms with van der Waals surface area (Å²) in [7, 11) is 0. The third-order valence-electron chi connectivity index (χ3n) is 6.68. The Morgan fingerprint density at radius 2 is 1.82 bits per heavy atom. The predicted molar refractivity (Wildman–Crippen MR) is 134 cm³/mol. The smallest absolute Gasteiger partial charge is 0.222 e. The minimum atomic E-state index is 0.263. The van der Waals surface area contributed by atoms with Gasteiger partial charge in [0.05, 0.1) is 6.54 Å². The van der Waals surface area contributed by atoms with Crippen LogP contribution in [0.25, 0.3) is 0 Å². The fraction of sp³-hybridized carbons (Fsp3) is 0.481. The van der Waals surface area contributed by atoms with Gasteiger partial charge in [0.25, 0.3) is 0 Å². The number of hydrogen-bond acceptors (Lipinski definition) is 3. The fourth-order valence-corrected chi connectivity index (χ4v) is 4.86. The maximum atomic E-state index is 12.1. The van der Waals surface area contributed by atoms with E-state index in [4.69, 9.17) is 4.99 Å². The Bertz CT molecular complexity index is 945. The maximum absolute atomic E-state index is 12.1. The van der Waals surface area contributed by atoms with Crippen molar-refractivity contribution in [2.45, 2.75) is 64.8 Å². The number of rotatable bonds is 8. The lowest BCUT2D eigenvalue weighted by molar-refractivity contribution is -0.128. The van der Waals surface area contributed by atoms with E-state index >= 15 is 0 Å². The topological polar surface area (TPSA) is 60.0 Å². The Hall–Kier alpha value is -2.86. The second-order valence-corrected chi connectivity index (χ2v) is 9.22. The summed E-state index contributed by atoms with van der Waals surface area (Å²) >= 11 is 0. The zero-order chi connectivity index (χ0) is 23.0. The number of likely N-dealkylation sites (tertiary alicyclic amines) is 2. The van der Waals surface area contributed by atoms with Gasteiger partial charge in [0.1, 0.15) is 0 Å². The zero-order valence-electron chi connectivity index (χ0n) is 20.0. The number of hydrogen-bond donors (Lipinski definition) is 2. The van der Waals surface area contributed by atoms with Crippen molar-refractivity contribution in [1.82, 2.24) is 20.4 Å². The van der Waals surface area contributed by atoms with Gasteiger partial charge in [-0.25, -0.2) is 4.99 Å². The van der Waals surface area contributed by atoms with Gasteiger partial charge < -0.3 is 15.5 Å². The first-order valence-electron chi connectivity index (χ1n) is 12.3. The van der Waals surface area contributed by atoms with Gasteiger partial charge in [0, 0.05) is 51.2 Å². The lowest BCUT2D eigenvalue weighted by atomic mass is 10.1. The Morgan fingerprint density at radius 1 is 1.06 bits per heavy atom. The van der Waals surface area contributed by atoms with E-state index in [-0.39, 0.29) is 5.91 Å². The molecule has 2 unspecified atom stereocenters. The molecule has 0 spiro atoms. The van der Waals surface area contributed by atoms with Crippen LogP contribution in [0.3, 0.4) is 0 Å². The van der Waals surface area contributed by atoms with Gasteiger partial charge in [0.15, 0.2) is 5.96 Å². The number of carbonyl (C=O) groups is 1. The Labute approximate surface area is 198 Å². The summed E-state index contributed by atoms with van der Waals surface area (Å²) in [6.45, 7) is 9.37. The number of benzene rings is 2. The third-order valence-corrected chi connectivity index (χ3v) is 6.68. The van der Waals surface area contributed by atoms with Crippen LogP contribution in [0.1, 0.15) is 49.8 Å². The van der Waals surface area contributed by atoms with Crippen molar-refractivity contribution in [3.05, 3.63) is 71.3 Å². The highest BCUT2D eigenvalue weighted by atomic mass is 16.2. The number of amides is 1. The lowest BCUT2D eigenvalue weighted by Gasteiger charge is -2.21. The Morgan fingerprint density at radius 3 is 2.55 bits per heavy atom. The molecule has 0 saturated carbocycles. The quantitative estimate of drug-likeness (QED) is 0.480. The molecule has 176 valence electrons. The second kappa shape index (κ2) is 11.3. The van der Waals surface area contributed by atoms with Crippen LogP contribution in [0.4, 0.5) is 0 Å². The SMILES string of the molecule is CCNC(=NCc1ccccc1CN1CCCC1=O)NC1CC(C)N(Cc2ccccc2)C1. The van der Waals surface area contributed by atoms with E-state index in [9.17, 15) is 4.79 Å². The molecule has 2 heterocycles. The molecular formula is C27H37N5O. The van der Waals surface area contributed by atoms with Crippen molar-refractivity contribution in [3.63, 3.8) is 0 Å². The molecule has 2 N–H and O–H groups in total. The number of nitrogens with one attached hydrogen (secondary N) is 2. The van der Waals surface area contributed by atoms with E-state index < -0.39 is 0 Å². The number of carbonyl (C=O) groups excluding carboxylic acids is 1. The first kappa shape index (κ1) is 23.3. The van der Waals surface area contributed by atoms with E-state index in [1.807, 2.05) is 11.0 Å². The molecule has 6 heteroatoms. The van der Waals surface area contributed by atoms with Crippen molar-refractivity contribution in [3.8, 4) is 0 Å². The van der Waals surface area contributed by atoms with Crippen LogP contribution in [0.15, 0.2) is 59.6 Å². The van der Waals surface area contributed by atoms with Gasteiger partial charge >= 0.3 is 0 Å².